The zero-order chi connectivity index (χ0) is 9.30. The Kier molecular flexibility index (Phi) is 2.98. The van der Waals surface area contributed by atoms with Gasteiger partial charge in [0.15, 0.2) is 0 Å². The molecule has 0 saturated carbocycles. The number of rotatable bonds is 2. The third-order valence-corrected chi connectivity index (χ3v) is 2.36. The van der Waals surface area contributed by atoms with Crippen molar-refractivity contribution in [2.24, 2.45) is 0 Å². The van der Waals surface area contributed by atoms with E-state index in [9.17, 15) is 0 Å². The lowest BCUT2D eigenvalue weighted by atomic mass is 9.83. The van der Waals surface area contributed by atoms with Gasteiger partial charge in [0.2, 0.25) is 0 Å². The molecule has 0 bridgehead atoms. The lowest BCUT2D eigenvalue weighted by Crippen LogP contribution is -2.29. The summed E-state index contributed by atoms with van der Waals surface area (Å²) < 4.78 is 2.64. The highest BCUT2D eigenvalue weighted by atomic mass is 79.9. The van der Waals surface area contributed by atoms with E-state index in [2.05, 4.69) is 15.9 Å². The van der Waals surface area contributed by atoms with Crippen LogP contribution < -0.4 is 5.46 Å². The van der Waals surface area contributed by atoms with E-state index in [-0.39, 0.29) is 0 Å². The summed E-state index contributed by atoms with van der Waals surface area (Å²) in [6.45, 7) is 4.06. The molecule has 0 unspecified atom stereocenters. The van der Waals surface area contributed by atoms with Gasteiger partial charge in [-0.3, -0.25) is 0 Å². The van der Waals surface area contributed by atoms with Crippen molar-refractivity contribution in [1.29, 1.82) is 0 Å². The summed E-state index contributed by atoms with van der Waals surface area (Å²) >= 11 is 3.25. The lowest BCUT2D eigenvalue weighted by molar-refractivity contribution is 0.425. The van der Waals surface area contributed by atoms with Crippen LogP contribution in [0, 0.1) is 0 Å². The molecule has 66 valence electrons. The molecule has 0 aliphatic heterocycles. The fourth-order valence-electron chi connectivity index (χ4n) is 0.953. The second-order valence-corrected chi connectivity index (χ2v) is 3.83. The zero-order valence-corrected chi connectivity index (χ0v) is 8.62. The van der Waals surface area contributed by atoms with Crippen LogP contribution in [-0.4, -0.2) is 21.7 Å². The van der Waals surface area contributed by atoms with E-state index in [1.807, 2.05) is 24.6 Å². The van der Waals surface area contributed by atoms with Crippen molar-refractivity contribution in [3.05, 3.63) is 16.9 Å². The first kappa shape index (κ1) is 9.83. The van der Waals surface area contributed by atoms with Crippen LogP contribution in [0.3, 0.4) is 0 Å². The minimum absolute atomic E-state index is 0.328. The Balaban J connectivity index is 3.00. The average Bonchev–Trinajstić information content (AvgIpc) is 2.30. The van der Waals surface area contributed by atoms with Gasteiger partial charge in [0.25, 0.3) is 0 Å². The van der Waals surface area contributed by atoms with Gasteiger partial charge >= 0.3 is 7.12 Å². The van der Waals surface area contributed by atoms with Crippen LogP contribution >= 0.6 is 15.9 Å². The van der Waals surface area contributed by atoms with E-state index in [0.29, 0.717) is 11.5 Å². The van der Waals surface area contributed by atoms with Crippen molar-refractivity contribution in [3.63, 3.8) is 0 Å². The molecule has 0 aliphatic rings. The van der Waals surface area contributed by atoms with Gasteiger partial charge in [-0.05, 0) is 29.8 Å². The highest BCUT2D eigenvalue weighted by Crippen LogP contribution is 2.12. The first-order valence-electron chi connectivity index (χ1n) is 3.75. The van der Waals surface area contributed by atoms with Crippen LogP contribution in [0.5, 0.6) is 0 Å². The number of nitrogens with zero attached hydrogens (tertiary/aromatic N) is 1. The highest BCUT2D eigenvalue weighted by Gasteiger charge is 2.17. The maximum Gasteiger partial charge on any atom is 0.491 e. The lowest BCUT2D eigenvalue weighted by Gasteiger charge is -2.04. The summed E-state index contributed by atoms with van der Waals surface area (Å²) in [5.74, 6) is 0. The normalized spacial score (nSPS) is 10.8. The summed E-state index contributed by atoms with van der Waals surface area (Å²) in [5, 5.41) is 17.8. The van der Waals surface area contributed by atoms with E-state index in [4.69, 9.17) is 10.0 Å². The van der Waals surface area contributed by atoms with Crippen molar-refractivity contribution in [3.8, 4) is 0 Å². The molecule has 1 aromatic heterocycles. The number of hydrogen-bond acceptors (Lipinski definition) is 2. The summed E-state index contributed by atoms with van der Waals surface area (Å²) in [6, 6.07) is 0.328. The van der Waals surface area contributed by atoms with Crippen LogP contribution in [-0.2, 0) is 0 Å². The van der Waals surface area contributed by atoms with Gasteiger partial charge < -0.3 is 14.6 Å². The van der Waals surface area contributed by atoms with Crippen LogP contribution in [0.25, 0.3) is 0 Å². The predicted molar refractivity (Wildman–Crippen MR) is 52.3 cm³/mol. The van der Waals surface area contributed by atoms with Crippen molar-refractivity contribution in [1.82, 2.24) is 4.57 Å². The Morgan fingerprint density at radius 3 is 2.25 bits per heavy atom. The number of halogens is 1. The largest absolute Gasteiger partial charge is 0.491 e. The summed E-state index contributed by atoms with van der Waals surface area (Å²) in [5.41, 5.74) is 0.503. The molecule has 0 aliphatic carbocycles. The molecule has 0 saturated heterocycles. The monoisotopic (exact) mass is 231 g/mol. The minimum Gasteiger partial charge on any atom is -0.423 e. The Bertz CT molecular complexity index is 272. The average molecular weight is 232 g/mol. The molecule has 12 heavy (non-hydrogen) atoms. The fourth-order valence-corrected chi connectivity index (χ4v) is 1.50. The topological polar surface area (TPSA) is 45.4 Å². The van der Waals surface area contributed by atoms with E-state index < -0.39 is 7.12 Å². The molecule has 0 spiro atoms. The smallest absolute Gasteiger partial charge is 0.423 e. The summed E-state index contributed by atoms with van der Waals surface area (Å²) in [6.07, 6.45) is 3.55. The Hall–Kier alpha value is -0.255. The number of hydrogen-bond donors (Lipinski definition) is 2. The second-order valence-electron chi connectivity index (χ2n) is 2.98. The van der Waals surface area contributed by atoms with Gasteiger partial charge in [-0.2, -0.15) is 0 Å². The Morgan fingerprint density at radius 1 is 1.42 bits per heavy atom. The molecule has 0 fully saturated rings. The molecule has 1 aromatic rings. The molecule has 0 amide bonds. The van der Waals surface area contributed by atoms with E-state index >= 15 is 0 Å². The van der Waals surface area contributed by atoms with E-state index in [0.717, 1.165) is 4.47 Å². The third kappa shape index (κ3) is 1.91. The van der Waals surface area contributed by atoms with Crippen molar-refractivity contribution >= 4 is 28.5 Å². The van der Waals surface area contributed by atoms with Gasteiger partial charge in [0, 0.05) is 28.4 Å². The van der Waals surface area contributed by atoms with Crippen LogP contribution in [0.2, 0.25) is 0 Å². The minimum atomic E-state index is -1.40. The highest BCUT2D eigenvalue weighted by molar-refractivity contribution is 9.10. The molecule has 0 atom stereocenters. The van der Waals surface area contributed by atoms with E-state index in [1.54, 1.807) is 6.20 Å². The number of aromatic nitrogens is 1. The van der Waals surface area contributed by atoms with Crippen LogP contribution in [0.1, 0.15) is 19.9 Å². The molecule has 0 radical (unpaired) electrons. The Morgan fingerprint density at radius 2 is 2.00 bits per heavy atom. The third-order valence-electron chi connectivity index (χ3n) is 1.70. The van der Waals surface area contributed by atoms with Crippen molar-refractivity contribution in [2.45, 2.75) is 19.9 Å². The van der Waals surface area contributed by atoms with Gasteiger partial charge in [0.1, 0.15) is 0 Å². The maximum atomic E-state index is 8.91. The van der Waals surface area contributed by atoms with Crippen molar-refractivity contribution in [2.75, 3.05) is 0 Å². The first-order valence-corrected chi connectivity index (χ1v) is 4.54. The van der Waals surface area contributed by atoms with E-state index in [1.165, 1.54) is 0 Å². The predicted octanol–water partition coefficient (Wildman–Crippen LogP) is 0.511. The molecule has 5 heteroatoms. The quantitative estimate of drug-likeness (QED) is 0.729. The van der Waals surface area contributed by atoms with Gasteiger partial charge in [-0.1, -0.05) is 0 Å². The molecule has 2 N–H and O–H groups in total. The van der Waals surface area contributed by atoms with Crippen molar-refractivity contribution < 1.29 is 10.0 Å². The second kappa shape index (κ2) is 3.64. The standard InChI is InChI=1S/C7H11BBrNO2/c1-5(2)10-3-6(8(11)12)7(9)4-10/h3-5,11-12H,1-2H3. The molecular formula is C7H11BBrNO2. The first-order chi connectivity index (χ1) is 5.52. The van der Waals surface area contributed by atoms with Gasteiger partial charge in [0.05, 0.1) is 0 Å². The molecule has 1 rings (SSSR count). The fraction of sp³-hybridized carbons (Fsp3) is 0.429. The SMILES string of the molecule is CC(C)n1cc(Br)c(B(O)O)c1. The van der Waals surface area contributed by atoms with Crippen LogP contribution in [0.4, 0.5) is 0 Å². The maximum absolute atomic E-state index is 8.91. The molecule has 3 nitrogen and oxygen atoms in total. The molecule has 0 aromatic carbocycles. The zero-order valence-electron chi connectivity index (χ0n) is 7.03. The Labute approximate surface area is 80.3 Å². The van der Waals surface area contributed by atoms with Crippen LogP contribution in [0.15, 0.2) is 16.9 Å². The summed E-state index contributed by atoms with van der Waals surface area (Å²) in [4.78, 5) is 0. The molecule has 1 heterocycles. The van der Waals surface area contributed by atoms with Gasteiger partial charge in [-0.25, -0.2) is 0 Å². The molecular weight excluding hydrogens is 221 g/mol. The van der Waals surface area contributed by atoms with Gasteiger partial charge in [-0.15, -0.1) is 0 Å². The summed E-state index contributed by atoms with van der Waals surface area (Å²) in [7, 11) is -1.40.